The lowest BCUT2D eigenvalue weighted by atomic mass is 10.1. The second kappa shape index (κ2) is 8.03. The monoisotopic (exact) mass is 332 g/mol. The molecule has 0 bridgehead atoms. The summed E-state index contributed by atoms with van der Waals surface area (Å²) in [5.41, 5.74) is 8.67. The fourth-order valence-corrected chi connectivity index (χ4v) is 4.61. The van der Waals surface area contributed by atoms with Crippen molar-refractivity contribution in [3.8, 4) is 0 Å². The summed E-state index contributed by atoms with van der Waals surface area (Å²) in [7, 11) is -3.55. The van der Waals surface area contributed by atoms with E-state index in [0.29, 0.717) is 29.1 Å². The van der Waals surface area contributed by atoms with E-state index in [0.717, 1.165) is 17.7 Å². The first kappa shape index (κ1) is 18.3. The minimum Gasteiger partial charge on any atom is -0.398 e. The SMILES string of the molecule is Cc1cc(C)c(S(=O)(=O)NCCSCCCO)c(C)c1N. The lowest BCUT2D eigenvalue weighted by molar-refractivity contribution is 0.296. The Kier molecular flexibility index (Phi) is 6.99. The van der Waals surface area contributed by atoms with Crippen molar-refractivity contribution >= 4 is 27.5 Å². The van der Waals surface area contributed by atoms with E-state index in [4.69, 9.17) is 10.8 Å². The van der Waals surface area contributed by atoms with Gasteiger partial charge in [0.15, 0.2) is 0 Å². The summed E-state index contributed by atoms with van der Waals surface area (Å²) in [6, 6.07) is 1.80. The molecule has 1 aromatic carbocycles. The molecule has 0 aliphatic heterocycles. The number of nitrogen functional groups attached to an aromatic ring is 1. The summed E-state index contributed by atoms with van der Waals surface area (Å²) < 4.78 is 27.4. The second-order valence-electron chi connectivity index (χ2n) is 4.97. The zero-order chi connectivity index (χ0) is 16.0. The third-order valence-corrected chi connectivity index (χ3v) is 6.03. The van der Waals surface area contributed by atoms with E-state index >= 15 is 0 Å². The maximum atomic E-state index is 12.4. The number of aryl methyl sites for hydroxylation is 2. The predicted molar refractivity (Wildman–Crippen MR) is 89.3 cm³/mol. The maximum Gasteiger partial charge on any atom is 0.241 e. The predicted octanol–water partition coefficient (Wildman–Crippen LogP) is 1.59. The Morgan fingerprint density at radius 3 is 2.52 bits per heavy atom. The van der Waals surface area contributed by atoms with Gasteiger partial charge < -0.3 is 10.8 Å². The minimum absolute atomic E-state index is 0.166. The van der Waals surface area contributed by atoms with Crippen molar-refractivity contribution in [1.29, 1.82) is 0 Å². The van der Waals surface area contributed by atoms with E-state index in [1.54, 1.807) is 31.7 Å². The van der Waals surface area contributed by atoms with Gasteiger partial charge in [-0.15, -0.1) is 0 Å². The Morgan fingerprint density at radius 2 is 1.90 bits per heavy atom. The van der Waals surface area contributed by atoms with Crippen LogP contribution in [-0.2, 0) is 10.0 Å². The number of nitrogens with two attached hydrogens (primary N) is 1. The summed E-state index contributed by atoms with van der Waals surface area (Å²) in [4.78, 5) is 0.283. The molecule has 0 spiro atoms. The van der Waals surface area contributed by atoms with E-state index in [1.807, 2.05) is 6.92 Å². The molecule has 0 radical (unpaired) electrons. The first-order chi connectivity index (χ1) is 9.81. The van der Waals surface area contributed by atoms with Gasteiger partial charge in [-0.1, -0.05) is 6.07 Å². The first-order valence-electron chi connectivity index (χ1n) is 6.85. The molecule has 0 heterocycles. The molecule has 0 saturated carbocycles. The van der Waals surface area contributed by atoms with Crippen molar-refractivity contribution in [3.05, 3.63) is 22.8 Å². The van der Waals surface area contributed by atoms with Crippen LogP contribution in [0.5, 0.6) is 0 Å². The molecule has 1 aromatic rings. The molecule has 21 heavy (non-hydrogen) atoms. The molecule has 5 nitrogen and oxygen atoms in total. The van der Waals surface area contributed by atoms with Crippen LogP contribution in [0.15, 0.2) is 11.0 Å². The van der Waals surface area contributed by atoms with Crippen molar-refractivity contribution in [2.24, 2.45) is 0 Å². The van der Waals surface area contributed by atoms with Crippen LogP contribution in [0, 0.1) is 20.8 Å². The maximum absolute atomic E-state index is 12.4. The number of rotatable bonds is 8. The summed E-state index contributed by atoms with van der Waals surface area (Å²) >= 11 is 1.62. The van der Waals surface area contributed by atoms with Gasteiger partial charge in [-0.05, 0) is 49.6 Å². The van der Waals surface area contributed by atoms with Crippen LogP contribution < -0.4 is 10.5 Å². The number of aliphatic hydroxyl groups excluding tert-OH is 1. The number of benzene rings is 1. The summed E-state index contributed by atoms with van der Waals surface area (Å²) in [6.45, 7) is 5.92. The highest BCUT2D eigenvalue weighted by Crippen LogP contribution is 2.27. The van der Waals surface area contributed by atoms with E-state index < -0.39 is 10.0 Å². The lowest BCUT2D eigenvalue weighted by Gasteiger charge is -2.15. The van der Waals surface area contributed by atoms with Crippen LogP contribution in [0.25, 0.3) is 0 Å². The quantitative estimate of drug-likeness (QED) is 0.496. The van der Waals surface area contributed by atoms with Crippen LogP contribution in [0.3, 0.4) is 0 Å². The van der Waals surface area contributed by atoms with Crippen LogP contribution in [-0.4, -0.2) is 38.2 Å². The largest absolute Gasteiger partial charge is 0.398 e. The molecule has 0 aliphatic rings. The highest BCUT2D eigenvalue weighted by atomic mass is 32.2. The molecule has 1 rings (SSSR count). The first-order valence-corrected chi connectivity index (χ1v) is 9.49. The van der Waals surface area contributed by atoms with Crippen LogP contribution in [0.1, 0.15) is 23.1 Å². The van der Waals surface area contributed by atoms with E-state index in [1.165, 1.54) is 0 Å². The summed E-state index contributed by atoms with van der Waals surface area (Å²) in [5, 5.41) is 8.67. The molecule has 0 saturated heterocycles. The minimum atomic E-state index is -3.55. The normalized spacial score (nSPS) is 11.8. The van der Waals surface area contributed by atoms with E-state index in [-0.39, 0.29) is 11.5 Å². The van der Waals surface area contributed by atoms with Gasteiger partial charge in [0.05, 0.1) is 4.90 Å². The fourth-order valence-electron chi connectivity index (χ4n) is 2.18. The van der Waals surface area contributed by atoms with Gasteiger partial charge in [0.2, 0.25) is 10.0 Å². The molecular weight excluding hydrogens is 308 g/mol. The number of thioether (sulfide) groups is 1. The van der Waals surface area contributed by atoms with Crippen molar-refractivity contribution in [2.45, 2.75) is 32.1 Å². The Labute approximate surface area is 131 Å². The zero-order valence-electron chi connectivity index (χ0n) is 12.8. The summed E-state index contributed by atoms with van der Waals surface area (Å²) in [5.74, 6) is 1.51. The number of sulfonamides is 1. The van der Waals surface area contributed by atoms with Crippen molar-refractivity contribution < 1.29 is 13.5 Å². The molecular formula is C14H24N2O3S2. The van der Waals surface area contributed by atoms with Gasteiger partial charge in [0.25, 0.3) is 0 Å². The Bertz CT molecular complexity index is 586. The van der Waals surface area contributed by atoms with Crippen LogP contribution >= 0.6 is 11.8 Å². The topological polar surface area (TPSA) is 92.4 Å². The Balaban J connectivity index is 2.78. The highest BCUT2D eigenvalue weighted by molar-refractivity contribution is 7.99. The van der Waals surface area contributed by atoms with Gasteiger partial charge >= 0.3 is 0 Å². The van der Waals surface area contributed by atoms with Gasteiger partial charge in [-0.25, -0.2) is 13.1 Å². The molecule has 7 heteroatoms. The van der Waals surface area contributed by atoms with E-state index in [2.05, 4.69) is 4.72 Å². The Hall–Kier alpha value is -0.760. The lowest BCUT2D eigenvalue weighted by Crippen LogP contribution is -2.28. The Morgan fingerprint density at radius 1 is 1.24 bits per heavy atom. The van der Waals surface area contributed by atoms with Crippen LogP contribution in [0.2, 0.25) is 0 Å². The molecule has 0 aromatic heterocycles. The smallest absolute Gasteiger partial charge is 0.241 e. The molecule has 120 valence electrons. The third kappa shape index (κ3) is 4.88. The second-order valence-corrected chi connectivity index (χ2v) is 7.89. The van der Waals surface area contributed by atoms with Crippen LogP contribution in [0.4, 0.5) is 5.69 Å². The average Bonchev–Trinajstić information content (AvgIpc) is 2.40. The van der Waals surface area contributed by atoms with Crippen molar-refractivity contribution in [1.82, 2.24) is 4.72 Å². The number of anilines is 1. The van der Waals surface area contributed by atoms with Gasteiger partial charge in [-0.3, -0.25) is 0 Å². The van der Waals surface area contributed by atoms with Crippen molar-refractivity contribution in [3.63, 3.8) is 0 Å². The summed E-state index contributed by atoms with van der Waals surface area (Å²) in [6.07, 6.45) is 0.726. The van der Waals surface area contributed by atoms with Gasteiger partial charge in [-0.2, -0.15) is 11.8 Å². The average molecular weight is 332 g/mol. The van der Waals surface area contributed by atoms with E-state index in [9.17, 15) is 8.42 Å². The molecule has 4 N–H and O–H groups in total. The molecule has 0 amide bonds. The molecule has 0 fully saturated rings. The highest BCUT2D eigenvalue weighted by Gasteiger charge is 2.21. The standard InChI is InChI=1S/C14H24N2O3S2/c1-10-9-11(2)14(12(3)13(10)15)21(18,19)16-5-8-20-7-4-6-17/h9,16-17H,4-8,15H2,1-3H3. The van der Waals surface area contributed by atoms with Gasteiger partial charge in [0.1, 0.15) is 0 Å². The molecule has 0 atom stereocenters. The molecule has 0 aliphatic carbocycles. The molecule has 0 unspecified atom stereocenters. The number of nitrogens with one attached hydrogen (secondary N) is 1. The third-order valence-electron chi connectivity index (χ3n) is 3.21. The zero-order valence-corrected chi connectivity index (χ0v) is 14.4. The fraction of sp³-hybridized carbons (Fsp3) is 0.571. The number of hydrogen-bond donors (Lipinski definition) is 3. The van der Waals surface area contributed by atoms with Gasteiger partial charge in [0, 0.05) is 24.6 Å². The number of aliphatic hydroxyl groups is 1. The number of hydrogen-bond acceptors (Lipinski definition) is 5. The van der Waals surface area contributed by atoms with Crippen molar-refractivity contribution in [2.75, 3.05) is 30.4 Å².